The lowest BCUT2D eigenvalue weighted by molar-refractivity contribution is -0.108. The summed E-state index contributed by atoms with van der Waals surface area (Å²) >= 11 is 0. The molecule has 0 unspecified atom stereocenters. The predicted molar refractivity (Wildman–Crippen MR) is 172 cm³/mol. The number of carbonyl (C=O) groups is 2. The Hall–Kier alpha value is -4.33. The van der Waals surface area contributed by atoms with E-state index in [0.717, 1.165) is 39.7 Å². The molecule has 1 aliphatic heterocycles. The van der Waals surface area contributed by atoms with Crippen molar-refractivity contribution in [2.24, 2.45) is 10.8 Å². The number of hydroxylamine groups is 1. The number of rotatable bonds is 15. The van der Waals surface area contributed by atoms with Crippen molar-refractivity contribution in [3.05, 3.63) is 70.1 Å². The molecular weight excluding hydrogens is 578 g/mol. The van der Waals surface area contributed by atoms with E-state index >= 15 is 0 Å². The fourth-order valence-corrected chi connectivity index (χ4v) is 5.10. The van der Waals surface area contributed by atoms with Gasteiger partial charge in [-0.3, -0.25) is 15.0 Å². The zero-order chi connectivity index (χ0) is 32.5. The molecule has 1 amide bonds. The number of amides is 1. The van der Waals surface area contributed by atoms with Gasteiger partial charge in [-0.05, 0) is 74.7 Å². The van der Waals surface area contributed by atoms with Crippen molar-refractivity contribution >= 4 is 28.5 Å². The minimum absolute atomic E-state index is 0.0658. The summed E-state index contributed by atoms with van der Waals surface area (Å²) in [5.41, 5.74) is 5.56. The van der Waals surface area contributed by atoms with Crippen LogP contribution in [0.5, 0.6) is 0 Å². The van der Waals surface area contributed by atoms with Crippen LogP contribution in [0, 0.1) is 13.8 Å². The highest BCUT2D eigenvalue weighted by atomic mass is 16.5. The molecule has 12 nitrogen and oxygen atoms in total. The average molecular weight is 620 g/mol. The van der Waals surface area contributed by atoms with Gasteiger partial charge in [-0.15, -0.1) is 5.17 Å². The van der Waals surface area contributed by atoms with Crippen LogP contribution < -0.4 is 21.8 Å². The number of carbonyl (C=O) groups excluding carboxylic acids is 1. The Kier molecular flexibility index (Phi) is 11.6. The number of benzene rings is 3. The van der Waals surface area contributed by atoms with Gasteiger partial charge in [-0.1, -0.05) is 0 Å². The van der Waals surface area contributed by atoms with Crippen molar-refractivity contribution in [3.63, 3.8) is 0 Å². The molecule has 2 aromatic carbocycles. The van der Waals surface area contributed by atoms with Gasteiger partial charge in [-0.25, -0.2) is 10.6 Å². The average Bonchev–Trinajstić information content (AvgIpc) is 3.00. The van der Waals surface area contributed by atoms with Crippen molar-refractivity contribution in [3.8, 4) is 22.5 Å². The molecule has 240 valence electrons. The molecule has 0 atom stereocenters. The summed E-state index contributed by atoms with van der Waals surface area (Å²) in [6, 6.07) is 12.3. The molecule has 0 saturated carbocycles. The highest BCUT2D eigenvalue weighted by molar-refractivity contribution is 6.09. The van der Waals surface area contributed by atoms with Crippen molar-refractivity contribution in [2.45, 2.75) is 27.7 Å². The number of nitrogens with zero attached hydrogens (tertiary/aromatic N) is 2. The number of nitrogens with two attached hydrogens (primary N) is 1. The van der Waals surface area contributed by atoms with Gasteiger partial charge in [0.05, 0.1) is 43.9 Å². The standard InChI is InChI=1S/C33H41N5O7/c1-5-35-27-18-29-25(15-20(27)3)31(26-16-21(4)28(36-6-2)19-30(26)45-29)24-17-22(7-8-23(24)33(40)41)32(39)37-9-11-43-13-14-44-12-10-38(34)42/h7-8,15-19,35,42H,5-6,9-14,34H2,1-4H3,(H,37,39)(H,40,41)/b36-28-. The quantitative estimate of drug-likeness (QED) is 0.0562. The van der Waals surface area contributed by atoms with Gasteiger partial charge < -0.3 is 29.6 Å². The number of carboxylic acid groups (broad SMARTS) is 1. The van der Waals surface area contributed by atoms with Crippen LogP contribution in [0.25, 0.3) is 33.4 Å². The molecule has 0 aromatic heterocycles. The molecule has 4 rings (SSSR count). The Morgan fingerprint density at radius 2 is 1.73 bits per heavy atom. The van der Waals surface area contributed by atoms with Gasteiger partial charge in [0.25, 0.3) is 5.91 Å². The number of aryl methyl sites for hydroxylation is 2. The molecule has 45 heavy (non-hydrogen) atoms. The number of hydrogen-bond acceptors (Lipinski definition) is 10. The molecule has 2 aliphatic rings. The lowest BCUT2D eigenvalue weighted by atomic mass is 9.88. The van der Waals surface area contributed by atoms with Crippen molar-refractivity contribution in [1.29, 1.82) is 0 Å². The van der Waals surface area contributed by atoms with Gasteiger partial charge in [0.15, 0.2) is 0 Å². The number of anilines is 1. The summed E-state index contributed by atoms with van der Waals surface area (Å²) < 4.78 is 17.2. The summed E-state index contributed by atoms with van der Waals surface area (Å²) in [5.74, 6) is 4.20. The van der Waals surface area contributed by atoms with E-state index < -0.39 is 5.97 Å². The number of hydrogen-bond donors (Lipinski definition) is 5. The number of fused-ring (bicyclic) bond motifs is 2. The summed E-state index contributed by atoms with van der Waals surface area (Å²) in [6.07, 6.45) is 0. The van der Waals surface area contributed by atoms with E-state index in [0.29, 0.717) is 53.0 Å². The van der Waals surface area contributed by atoms with Crippen molar-refractivity contribution in [2.75, 3.05) is 57.9 Å². The fraction of sp³-hybridized carbons (Fsp3) is 0.364. The van der Waals surface area contributed by atoms with Gasteiger partial charge in [0.1, 0.15) is 11.3 Å². The lowest BCUT2D eigenvalue weighted by Gasteiger charge is -2.20. The van der Waals surface area contributed by atoms with Crippen LogP contribution in [0.2, 0.25) is 0 Å². The largest absolute Gasteiger partial charge is 0.478 e. The van der Waals surface area contributed by atoms with Crippen LogP contribution in [0.4, 0.5) is 5.69 Å². The van der Waals surface area contributed by atoms with E-state index in [1.54, 1.807) is 6.07 Å². The Bertz CT molecular complexity index is 1700. The Balaban J connectivity index is 1.72. The van der Waals surface area contributed by atoms with Crippen LogP contribution in [-0.2, 0) is 9.47 Å². The molecule has 1 heterocycles. The highest BCUT2D eigenvalue weighted by Crippen LogP contribution is 2.43. The Labute approximate surface area is 261 Å². The van der Waals surface area contributed by atoms with Crippen LogP contribution in [0.15, 0.2) is 51.9 Å². The minimum Gasteiger partial charge on any atom is -0.478 e. The van der Waals surface area contributed by atoms with Crippen LogP contribution in [0.1, 0.15) is 45.7 Å². The summed E-state index contributed by atoms with van der Waals surface area (Å²) in [7, 11) is 0. The SMILES string of the molecule is CC/N=c1/cc2oc3cc(NCC)c(C)cc3c(-c3cc(C(=O)NCCOCCOCCN(N)O)ccc3C(=O)O)c-2cc1C. The number of carboxylic acids is 1. The maximum Gasteiger partial charge on any atom is 0.336 e. The van der Waals surface area contributed by atoms with Gasteiger partial charge in [0, 0.05) is 59.5 Å². The van der Waals surface area contributed by atoms with Gasteiger partial charge in [0.2, 0.25) is 0 Å². The third kappa shape index (κ3) is 8.24. The first-order valence-corrected chi connectivity index (χ1v) is 14.9. The fourth-order valence-electron chi connectivity index (χ4n) is 5.10. The van der Waals surface area contributed by atoms with Crippen LogP contribution in [0.3, 0.4) is 0 Å². The van der Waals surface area contributed by atoms with Crippen molar-refractivity contribution in [1.82, 2.24) is 10.5 Å². The second-order valence-electron chi connectivity index (χ2n) is 10.5. The van der Waals surface area contributed by atoms with Crippen LogP contribution >= 0.6 is 0 Å². The molecule has 0 radical (unpaired) electrons. The number of nitrogens with one attached hydrogen (secondary N) is 2. The first kappa shape index (κ1) is 33.6. The summed E-state index contributed by atoms with van der Waals surface area (Å²) in [6.45, 7) is 10.8. The number of hydrazine groups is 1. The second-order valence-corrected chi connectivity index (χ2v) is 10.5. The molecule has 0 spiro atoms. The molecule has 1 aliphatic carbocycles. The van der Waals surface area contributed by atoms with E-state index in [2.05, 4.69) is 15.6 Å². The normalized spacial score (nSPS) is 11.9. The maximum absolute atomic E-state index is 13.2. The second kappa shape index (κ2) is 15.6. The summed E-state index contributed by atoms with van der Waals surface area (Å²) in [4.78, 5) is 30.3. The highest BCUT2D eigenvalue weighted by Gasteiger charge is 2.24. The van der Waals surface area contributed by atoms with E-state index in [4.69, 9.17) is 24.9 Å². The smallest absolute Gasteiger partial charge is 0.336 e. The zero-order valence-corrected chi connectivity index (χ0v) is 26.1. The van der Waals surface area contributed by atoms with E-state index in [1.165, 1.54) is 12.1 Å². The molecule has 6 N–H and O–H groups in total. The third-order valence-electron chi connectivity index (χ3n) is 7.23. The Morgan fingerprint density at radius 3 is 2.42 bits per heavy atom. The molecule has 12 heteroatoms. The van der Waals surface area contributed by atoms with E-state index in [-0.39, 0.29) is 37.8 Å². The minimum atomic E-state index is -1.11. The van der Waals surface area contributed by atoms with E-state index in [9.17, 15) is 14.7 Å². The monoisotopic (exact) mass is 619 g/mol. The maximum atomic E-state index is 13.2. The first-order chi connectivity index (χ1) is 21.6. The molecular formula is C33H41N5O7. The van der Waals surface area contributed by atoms with Gasteiger partial charge in [-0.2, -0.15) is 0 Å². The number of ether oxygens (including phenoxy) is 2. The number of aromatic carboxylic acids is 1. The van der Waals surface area contributed by atoms with E-state index in [1.807, 2.05) is 52.0 Å². The topological polar surface area (TPSA) is 172 Å². The van der Waals surface area contributed by atoms with Crippen LogP contribution in [-0.4, -0.2) is 80.0 Å². The third-order valence-corrected chi connectivity index (χ3v) is 7.23. The Morgan fingerprint density at radius 1 is 0.978 bits per heavy atom. The first-order valence-electron chi connectivity index (χ1n) is 14.9. The predicted octanol–water partition coefficient (Wildman–Crippen LogP) is 4.20. The zero-order valence-electron chi connectivity index (χ0n) is 26.1. The lowest BCUT2D eigenvalue weighted by Crippen LogP contribution is -2.31. The molecule has 0 bridgehead atoms. The summed E-state index contributed by atoms with van der Waals surface area (Å²) in [5, 5.41) is 27.4. The van der Waals surface area contributed by atoms with Crippen molar-refractivity contribution < 1.29 is 33.8 Å². The molecule has 2 aromatic rings. The molecule has 0 saturated heterocycles. The van der Waals surface area contributed by atoms with Gasteiger partial charge >= 0.3 is 5.97 Å². The molecule has 0 fully saturated rings.